The first-order valence-corrected chi connectivity index (χ1v) is 5.05. The van der Waals surface area contributed by atoms with Crippen molar-refractivity contribution < 1.29 is 14.3 Å². The number of ether oxygens (including phenoxy) is 2. The van der Waals surface area contributed by atoms with E-state index < -0.39 is 0 Å². The van der Waals surface area contributed by atoms with Crippen molar-refractivity contribution in [3.63, 3.8) is 0 Å². The molecule has 0 aromatic heterocycles. The van der Waals surface area contributed by atoms with Gasteiger partial charge in [-0.25, -0.2) is 0 Å². The molecule has 0 saturated carbocycles. The fourth-order valence-electron chi connectivity index (χ4n) is 1.58. The lowest BCUT2D eigenvalue weighted by Gasteiger charge is -2.19. The van der Waals surface area contributed by atoms with Gasteiger partial charge in [-0.15, -0.1) is 0 Å². The second-order valence-electron chi connectivity index (χ2n) is 3.42. The highest BCUT2D eigenvalue weighted by atomic mass is 16.5. The van der Waals surface area contributed by atoms with Gasteiger partial charge in [0.15, 0.2) is 0 Å². The highest BCUT2D eigenvalue weighted by molar-refractivity contribution is 5.78. The largest absolute Gasteiger partial charge is 0.382 e. The fraction of sp³-hybridized carbons (Fsp3) is 0.800. The Balaban J connectivity index is 2.25. The smallest absolute Gasteiger partial charge is 0.249 e. The number of likely N-dealkylation sites (tertiary alicyclic amines) is 1. The van der Waals surface area contributed by atoms with Crippen LogP contribution >= 0.6 is 0 Å². The lowest BCUT2D eigenvalue weighted by Crippen LogP contribution is -2.37. The van der Waals surface area contributed by atoms with E-state index in [0.29, 0.717) is 19.8 Å². The highest BCUT2D eigenvalue weighted by Crippen LogP contribution is 2.16. The molecule has 0 radical (unpaired) electrons. The summed E-state index contributed by atoms with van der Waals surface area (Å²) >= 11 is 0. The molecule has 0 bridgehead atoms. The zero-order valence-electron chi connectivity index (χ0n) is 8.94. The molecular weight excluding hydrogens is 196 g/mol. The summed E-state index contributed by atoms with van der Waals surface area (Å²) in [5.74, 6) is -0.102. The Morgan fingerprint density at radius 1 is 1.60 bits per heavy atom. The quantitative estimate of drug-likeness (QED) is 0.609. The number of methoxy groups -OCH3 is 1. The SMILES string of the molecule is COCCOCC(=O)N1CCCC1C#N. The Morgan fingerprint density at radius 2 is 2.40 bits per heavy atom. The van der Waals surface area contributed by atoms with E-state index in [4.69, 9.17) is 14.7 Å². The van der Waals surface area contributed by atoms with Crippen molar-refractivity contribution in [1.82, 2.24) is 4.90 Å². The molecule has 0 aromatic rings. The summed E-state index contributed by atoms with van der Waals surface area (Å²) in [6.45, 7) is 1.61. The van der Waals surface area contributed by atoms with Gasteiger partial charge in [-0.3, -0.25) is 4.79 Å². The third kappa shape index (κ3) is 3.50. The first-order chi connectivity index (χ1) is 7.29. The molecule has 0 aliphatic carbocycles. The van der Waals surface area contributed by atoms with Crippen LogP contribution in [0.5, 0.6) is 0 Å². The van der Waals surface area contributed by atoms with Crippen LogP contribution in [0.15, 0.2) is 0 Å². The standard InChI is InChI=1S/C10H16N2O3/c1-14-5-6-15-8-10(13)12-4-2-3-9(12)7-11/h9H,2-6,8H2,1H3. The van der Waals surface area contributed by atoms with Crippen molar-refractivity contribution in [1.29, 1.82) is 5.26 Å². The molecule has 1 fully saturated rings. The third-order valence-corrected chi connectivity index (χ3v) is 2.38. The Morgan fingerprint density at radius 3 is 3.07 bits per heavy atom. The van der Waals surface area contributed by atoms with E-state index in [0.717, 1.165) is 12.8 Å². The minimum Gasteiger partial charge on any atom is -0.382 e. The summed E-state index contributed by atoms with van der Waals surface area (Å²) < 4.78 is 9.90. The van der Waals surface area contributed by atoms with E-state index in [9.17, 15) is 4.79 Å². The van der Waals surface area contributed by atoms with Gasteiger partial charge in [0.2, 0.25) is 5.91 Å². The summed E-state index contributed by atoms with van der Waals surface area (Å²) in [6, 6.07) is 1.86. The Kier molecular flexibility index (Phi) is 5.08. The van der Waals surface area contributed by atoms with Crippen LogP contribution in [-0.4, -0.2) is 50.3 Å². The van der Waals surface area contributed by atoms with E-state index in [2.05, 4.69) is 6.07 Å². The molecule has 1 atom stereocenters. The van der Waals surface area contributed by atoms with Gasteiger partial charge >= 0.3 is 0 Å². The van der Waals surface area contributed by atoms with Crippen LogP contribution in [-0.2, 0) is 14.3 Å². The molecule has 1 aliphatic heterocycles. The maximum absolute atomic E-state index is 11.6. The van der Waals surface area contributed by atoms with Crippen LogP contribution < -0.4 is 0 Å². The first-order valence-electron chi connectivity index (χ1n) is 5.05. The summed E-state index contributed by atoms with van der Waals surface area (Å²) in [5.41, 5.74) is 0. The van der Waals surface area contributed by atoms with Crippen molar-refractivity contribution in [2.45, 2.75) is 18.9 Å². The second-order valence-corrected chi connectivity index (χ2v) is 3.42. The number of nitriles is 1. The van der Waals surface area contributed by atoms with E-state index in [1.54, 1.807) is 12.0 Å². The molecular formula is C10H16N2O3. The topological polar surface area (TPSA) is 62.6 Å². The van der Waals surface area contributed by atoms with Gasteiger partial charge in [-0.1, -0.05) is 0 Å². The molecule has 1 rings (SSSR count). The lowest BCUT2D eigenvalue weighted by atomic mass is 10.2. The van der Waals surface area contributed by atoms with Crippen LogP contribution in [0.25, 0.3) is 0 Å². The highest BCUT2D eigenvalue weighted by Gasteiger charge is 2.28. The molecule has 1 amide bonds. The Hall–Kier alpha value is -1.12. The number of nitrogens with zero attached hydrogens (tertiary/aromatic N) is 2. The number of carbonyl (C=O) groups is 1. The zero-order chi connectivity index (χ0) is 11.1. The second kappa shape index (κ2) is 6.38. The average molecular weight is 212 g/mol. The molecule has 1 saturated heterocycles. The maximum atomic E-state index is 11.6. The van der Waals surface area contributed by atoms with Crippen LogP contribution in [0.2, 0.25) is 0 Å². The first kappa shape index (κ1) is 12.0. The number of carbonyl (C=O) groups excluding carboxylic acids is 1. The predicted octanol–water partition coefficient (Wildman–Crippen LogP) is 0.164. The van der Waals surface area contributed by atoms with E-state index in [1.165, 1.54) is 0 Å². The number of hydrogen-bond donors (Lipinski definition) is 0. The summed E-state index contributed by atoms with van der Waals surface area (Å²) in [5, 5.41) is 8.79. The molecule has 0 spiro atoms. The van der Waals surface area contributed by atoms with Crippen LogP contribution in [0.4, 0.5) is 0 Å². The average Bonchev–Trinajstić information content (AvgIpc) is 2.72. The molecule has 0 N–H and O–H groups in total. The molecule has 1 unspecified atom stereocenters. The summed E-state index contributed by atoms with van der Waals surface area (Å²) in [7, 11) is 1.58. The van der Waals surface area contributed by atoms with Crippen molar-refractivity contribution >= 4 is 5.91 Å². The Labute approximate surface area is 89.6 Å². The zero-order valence-corrected chi connectivity index (χ0v) is 8.94. The number of rotatable bonds is 5. The normalized spacial score (nSPS) is 20.3. The summed E-state index contributed by atoms with van der Waals surface area (Å²) in [6.07, 6.45) is 1.68. The van der Waals surface area contributed by atoms with E-state index >= 15 is 0 Å². The molecule has 15 heavy (non-hydrogen) atoms. The van der Waals surface area contributed by atoms with Gasteiger partial charge in [0, 0.05) is 13.7 Å². The lowest BCUT2D eigenvalue weighted by molar-refractivity contribution is -0.136. The number of hydrogen-bond acceptors (Lipinski definition) is 4. The third-order valence-electron chi connectivity index (χ3n) is 2.38. The van der Waals surface area contributed by atoms with Gasteiger partial charge in [-0.05, 0) is 12.8 Å². The minimum atomic E-state index is -0.261. The van der Waals surface area contributed by atoms with Gasteiger partial charge in [0.05, 0.1) is 19.3 Å². The molecule has 1 heterocycles. The van der Waals surface area contributed by atoms with Gasteiger partial charge in [0.25, 0.3) is 0 Å². The van der Waals surface area contributed by atoms with Crippen molar-refractivity contribution in [2.75, 3.05) is 33.5 Å². The van der Waals surface area contributed by atoms with E-state index in [-0.39, 0.29) is 18.6 Å². The monoisotopic (exact) mass is 212 g/mol. The van der Waals surface area contributed by atoms with Crippen LogP contribution in [0, 0.1) is 11.3 Å². The molecule has 5 nitrogen and oxygen atoms in total. The maximum Gasteiger partial charge on any atom is 0.249 e. The molecule has 1 aliphatic rings. The molecule has 0 aromatic carbocycles. The van der Waals surface area contributed by atoms with Gasteiger partial charge in [0.1, 0.15) is 12.6 Å². The van der Waals surface area contributed by atoms with Gasteiger partial charge in [-0.2, -0.15) is 5.26 Å². The molecule has 84 valence electrons. The van der Waals surface area contributed by atoms with Crippen LogP contribution in [0.3, 0.4) is 0 Å². The predicted molar refractivity (Wildman–Crippen MR) is 53.0 cm³/mol. The Bertz CT molecular complexity index is 250. The van der Waals surface area contributed by atoms with E-state index in [1.807, 2.05) is 0 Å². The number of amides is 1. The van der Waals surface area contributed by atoms with Crippen molar-refractivity contribution in [3.05, 3.63) is 0 Å². The minimum absolute atomic E-state index is 0.0432. The fourth-order valence-corrected chi connectivity index (χ4v) is 1.58. The van der Waals surface area contributed by atoms with Crippen LogP contribution in [0.1, 0.15) is 12.8 Å². The van der Waals surface area contributed by atoms with Gasteiger partial charge < -0.3 is 14.4 Å². The summed E-state index contributed by atoms with van der Waals surface area (Å²) in [4.78, 5) is 13.2. The molecule has 5 heteroatoms. The van der Waals surface area contributed by atoms with Crippen molar-refractivity contribution in [2.24, 2.45) is 0 Å². The van der Waals surface area contributed by atoms with Crippen molar-refractivity contribution in [3.8, 4) is 6.07 Å².